The SMILES string of the molecule is CC(C)NC(=O)CN1CN(c2ccccc2)C2(CCN(C(=O)C(c3ccccc3)c3ccccc3)CC2)C1=O. The topological polar surface area (TPSA) is 73.0 Å². The van der Waals surface area contributed by atoms with Gasteiger partial charge in [0.1, 0.15) is 12.1 Å². The molecule has 0 aromatic heterocycles. The molecule has 0 saturated carbocycles. The molecule has 2 aliphatic rings. The standard InChI is InChI=1S/C32H36N4O3/c1-24(2)33-28(37)22-35-23-36(27-16-10-5-11-17-27)32(31(35)39)18-20-34(21-19-32)30(38)29(25-12-6-3-7-13-25)26-14-8-4-9-15-26/h3-17,24,29H,18-23H2,1-2H3,(H,33,37). The van der Waals surface area contributed by atoms with Gasteiger partial charge < -0.3 is 20.0 Å². The van der Waals surface area contributed by atoms with E-state index in [1.54, 1.807) is 4.90 Å². The first-order valence-corrected chi connectivity index (χ1v) is 13.7. The monoisotopic (exact) mass is 524 g/mol. The number of piperidine rings is 1. The smallest absolute Gasteiger partial charge is 0.250 e. The van der Waals surface area contributed by atoms with Crippen LogP contribution in [0.3, 0.4) is 0 Å². The van der Waals surface area contributed by atoms with Crippen LogP contribution in [0.1, 0.15) is 43.7 Å². The maximum Gasteiger partial charge on any atom is 0.250 e. The van der Waals surface area contributed by atoms with Gasteiger partial charge in [0.25, 0.3) is 5.91 Å². The second kappa shape index (κ2) is 11.3. The first-order chi connectivity index (χ1) is 18.9. The van der Waals surface area contributed by atoms with Gasteiger partial charge in [0.05, 0.1) is 12.6 Å². The van der Waals surface area contributed by atoms with E-state index in [0.717, 1.165) is 16.8 Å². The summed E-state index contributed by atoms with van der Waals surface area (Å²) in [4.78, 5) is 46.2. The van der Waals surface area contributed by atoms with Crippen molar-refractivity contribution in [2.24, 2.45) is 0 Å². The van der Waals surface area contributed by atoms with Crippen LogP contribution < -0.4 is 10.2 Å². The molecule has 3 amide bonds. The van der Waals surface area contributed by atoms with Gasteiger partial charge in [0, 0.05) is 24.8 Å². The van der Waals surface area contributed by atoms with Crippen LogP contribution in [0.25, 0.3) is 0 Å². The van der Waals surface area contributed by atoms with Crippen molar-refractivity contribution in [2.45, 2.75) is 44.2 Å². The number of nitrogens with zero attached hydrogens (tertiary/aromatic N) is 3. The van der Waals surface area contributed by atoms with Gasteiger partial charge in [-0.2, -0.15) is 0 Å². The van der Waals surface area contributed by atoms with Gasteiger partial charge in [-0.15, -0.1) is 0 Å². The van der Waals surface area contributed by atoms with E-state index < -0.39 is 11.5 Å². The van der Waals surface area contributed by atoms with E-state index in [9.17, 15) is 14.4 Å². The Morgan fingerprint density at radius 1 is 0.821 bits per heavy atom. The Hall–Kier alpha value is -4.13. The molecule has 0 aliphatic carbocycles. The summed E-state index contributed by atoms with van der Waals surface area (Å²) in [6, 6.07) is 29.6. The predicted octanol–water partition coefficient (Wildman–Crippen LogP) is 4.01. The van der Waals surface area contributed by atoms with Gasteiger partial charge in [-0.1, -0.05) is 78.9 Å². The van der Waals surface area contributed by atoms with Crippen molar-refractivity contribution in [2.75, 3.05) is 31.2 Å². The van der Waals surface area contributed by atoms with E-state index in [1.165, 1.54) is 0 Å². The number of amides is 3. The lowest BCUT2D eigenvalue weighted by atomic mass is 9.83. The molecule has 2 fully saturated rings. The molecule has 0 atom stereocenters. The molecule has 5 rings (SSSR count). The largest absolute Gasteiger partial charge is 0.352 e. The number of carbonyl (C=O) groups is 3. The zero-order chi connectivity index (χ0) is 27.4. The number of anilines is 1. The van der Waals surface area contributed by atoms with Crippen molar-refractivity contribution in [1.82, 2.24) is 15.1 Å². The Labute approximate surface area is 230 Å². The first kappa shape index (κ1) is 26.5. The molecule has 0 radical (unpaired) electrons. The van der Waals surface area contributed by atoms with Gasteiger partial charge in [0.15, 0.2) is 0 Å². The molecule has 3 aromatic carbocycles. The zero-order valence-electron chi connectivity index (χ0n) is 22.6. The van der Waals surface area contributed by atoms with Crippen LogP contribution in [0, 0.1) is 0 Å². The van der Waals surface area contributed by atoms with Crippen molar-refractivity contribution in [3.8, 4) is 0 Å². The predicted molar refractivity (Wildman–Crippen MR) is 152 cm³/mol. The second-order valence-corrected chi connectivity index (χ2v) is 10.7. The van der Waals surface area contributed by atoms with Gasteiger partial charge in [-0.05, 0) is 49.9 Å². The van der Waals surface area contributed by atoms with Crippen molar-refractivity contribution < 1.29 is 14.4 Å². The van der Waals surface area contributed by atoms with E-state index in [1.807, 2.05) is 110 Å². The van der Waals surface area contributed by atoms with Crippen LogP contribution in [-0.2, 0) is 14.4 Å². The number of hydrogen-bond acceptors (Lipinski definition) is 4. The molecular formula is C32H36N4O3. The average molecular weight is 525 g/mol. The summed E-state index contributed by atoms with van der Waals surface area (Å²) in [5, 5.41) is 2.90. The van der Waals surface area contributed by atoms with Crippen molar-refractivity contribution in [3.63, 3.8) is 0 Å². The third-order valence-corrected chi connectivity index (χ3v) is 7.78. The summed E-state index contributed by atoms with van der Waals surface area (Å²) in [5.41, 5.74) is 2.08. The zero-order valence-corrected chi connectivity index (χ0v) is 22.6. The molecule has 202 valence electrons. The van der Waals surface area contributed by atoms with Crippen LogP contribution in [-0.4, -0.2) is 65.4 Å². The lowest BCUT2D eigenvalue weighted by Crippen LogP contribution is -2.58. The number of hydrogen-bond donors (Lipinski definition) is 1. The summed E-state index contributed by atoms with van der Waals surface area (Å²) in [6.07, 6.45) is 1.01. The number of carbonyl (C=O) groups excluding carboxylic acids is 3. The summed E-state index contributed by atoms with van der Waals surface area (Å²) < 4.78 is 0. The van der Waals surface area contributed by atoms with Crippen LogP contribution in [0.15, 0.2) is 91.0 Å². The quantitative estimate of drug-likeness (QED) is 0.507. The van der Waals surface area contributed by atoms with E-state index in [2.05, 4.69) is 10.2 Å². The third-order valence-electron chi connectivity index (χ3n) is 7.78. The van der Waals surface area contributed by atoms with Crippen LogP contribution in [0.4, 0.5) is 5.69 Å². The minimum atomic E-state index is -0.786. The molecule has 2 heterocycles. The van der Waals surface area contributed by atoms with E-state index in [-0.39, 0.29) is 30.3 Å². The second-order valence-electron chi connectivity index (χ2n) is 10.7. The van der Waals surface area contributed by atoms with Crippen LogP contribution >= 0.6 is 0 Å². The van der Waals surface area contributed by atoms with Crippen molar-refractivity contribution in [1.29, 1.82) is 0 Å². The van der Waals surface area contributed by atoms with Gasteiger partial charge >= 0.3 is 0 Å². The Morgan fingerprint density at radius 2 is 1.33 bits per heavy atom. The molecule has 0 unspecified atom stereocenters. The van der Waals surface area contributed by atoms with Crippen LogP contribution in [0.5, 0.6) is 0 Å². The molecule has 2 aliphatic heterocycles. The molecule has 0 bridgehead atoms. The Balaban J connectivity index is 1.39. The molecule has 7 nitrogen and oxygen atoms in total. The molecule has 3 aromatic rings. The fourth-order valence-corrected chi connectivity index (χ4v) is 5.91. The van der Waals surface area contributed by atoms with E-state index >= 15 is 0 Å². The first-order valence-electron chi connectivity index (χ1n) is 13.7. The highest BCUT2D eigenvalue weighted by atomic mass is 16.2. The summed E-state index contributed by atoms with van der Waals surface area (Å²) in [7, 11) is 0. The summed E-state index contributed by atoms with van der Waals surface area (Å²) in [5.74, 6) is -0.557. The minimum Gasteiger partial charge on any atom is -0.352 e. The lowest BCUT2D eigenvalue weighted by Gasteiger charge is -2.44. The highest BCUT2D eigenvalue weighted by molar-refractivity contribution is 5.96. The van der Waals surface area contributed by atoms with Crippen molar-refractivity contribution in [3.05, 3.63) is 102 Å². The van der Waals surface area contributed by atoms with Crippen molar-refractivity contribution >= 4 is 23.4 Å². The Kier molecular flexibility index (Phi) is 7.68. The van der Waals surface area contributed by atoms with Gasteiger partial charge in [0.2, 0.25) is 11.8 Å². The average Bonchev–Trinajstić information content (AvgIpc) is 3.21. The molecule has 7 heteroatoms. The molecular weight excluding hydrogens is 488 g/mol. The maximum absolute atomic E-state index is 14.0. The Bertz CT molecular complexity index is 1250. The lowest BCUT2D eigenvalue weighted by molar-refractivity contribution is -0.140. The number of likely N-dealkylation sites (tertiary alicyclic amines) is 1. The Morgan fingerprint density at radius 3 is 1.85 bits per heavy atom. The summed E-state index contributed by atoms with van der Waals surface area (Å²) >= 11 is 0. The van der Waals surface area contributed by atoms with Gasteiger partial charge in [-0.25, -0.2) is 0 Å². The normalized spacial score (nSPS) is 16.8. The third kappa shape index (κ3) is 5.39. The fourth-order valence-electron chi connectivity index (χ4n) is 5.91. The fraction of sp³-hybridized carbons (Fsp3) is 0.344. The molecule has 2 saturated heterocycles. The maximum atomic E-state index is 14.0. The molecule has 1 N–H and O–H groups in total. The van der Waals surface area contributed by atoms with E-state index in [4.69, 9.17) is 0 Å². The number of benzene rings is 3. The highest BCUT2D eigenvalue weighted by Crippen LogP contribution is 2.40. The number of rotatable bonds is 7. The van der Waals surface area contributed by atoms with E-state index in [0.29, 0.717) is 32.6 Å². The summed E-state index contributed by atoms with van der Waals surface area (Å²) in [6.45, 7) is 5.12. The number of para-hydroxylation sites is 1. The number of nitrogens with one attached hydrogen (secondary N) is 1. The van der Waals surface area contributed by atoms with Gasteiger partial charge in [-0.3, -0.25) is 14.4 Å². The molecule has 1 spiro atoms. The minimum absolute atomic E-state index is 0.00539. The molecule has 39 heavy (non-hydrogen) atoms. The highest BCUT2D eigenvalue weighted by Gasteiger charge is 2.54. The van der Waals surface area contributed by atoms with Crippen LogP contribution in [0.2, 0.25) is 0 Å².